The Morgan fingerprint density at radius 1 is 1.33 bits per heavy atom. The molecule has 0 bridgehead atoms. The number of hydrogen-bond acceptors (Lipinski definition) is 5. The van der Waals surface area contributed by atoms with E-state index in [4.69, 9.17) is 4.52 Å². The van der Waals surface area contributed by atoms with Crippen molar-refractivity contribution in [1.82, 2.24) is 25.2 Å². The van der Waals surface area contributed by atoms with Crippen LogP contribution in [0.15, 0.2) is 35.0 Å². The molecule has 3 aromatic rings. The second-order valence-corrected chi connectivity index (χ2v) is 7.27. The number of aromatic nitrogens is 4. The predicted molar refractivity (Wildman–Crippen MR) is 100 cm³/mol. The van der Waals surface area contributed by atoms with Crippen molar-refractivity contribution >= 4 is 5.91 Å². The van der Waals surface area contributed by atoms with E-state index in [0.29, 0.717) is 42.4 Å². The molecule has 1 aromatic carbocycles. The molecule has 4 rings (SSSR count). The Hall–Kier alpha value is -3.17. The molecular formula is C20H20F3N5O2. The van der Waals surface area contributed by atoms with Crippen molar-refractivity contribution in [3.63, 3.8) is 0 Å². The van der Waals surface area contributed by atoms with Gasteiger partial charge in [-0.05, 0) is 44.4 Å². The minimum atomic E-state index is -4.44. The van der Waals surface area contributed by atoms with E-state index in [0.717, 1.165) is 25.0 Å². The molecule has 1 saturated carbocycles. The molecule has 0 atom stereocenters. The summed E-state index contributed by atoms with van der Waals surface area (Å²) >= 11 is 0. The topological polar surface area (TPSA) is 85.8 Å². The molecule has 1 fully saturated rings. The maximum Gasteiger partial charge on any atom is 0.416 e. The van der Waals surface area contributed by atoms with Gasteiger partial charge in [-0.25, -0.2) is 4.68 Å². The smallest absolute Gasteiger partial charge is 0.352 e. The lowest BCUT2D eigenvalue weighted by Gasteiger charge is -2.12. The average molecular weight is 419 g/mol. The third-order valence-electron chi connectivity index (χ3n) is 4.86. The number of carbonyl (C=O) groups excluding carboxylic acids is 1. The van der Waals surface area contributed by atoms with Gasteiger partial charge in [-0.3, -0.25) is 4.79 Å². The van der Waals surface area contributed by atoms with E-state index in [1.165, 1.54) is 16.9 Å². The molecule has 0 spiro atoms. The molecule has 30 heavy (non-hydrogen) atoms. The van der Waals surface area contributed by atoms with Crippen LogP contribution in [0.5, 0.6) is 0 Å². The van der Waals surface area contributed by atoms with E-state index in [1.54, 1.807) is 13.0 Å². The quantitative estimate of drug-likeness (QED) is 0.589. The zero-order valence-corrected chi connectivity index (χ0v) is 16.2. The van der Waals surface area contributed by atoms with Gasteiger partial charge in [0, 0.05) is 18.9 Å². The fourth-order valence-corrected chi connectivity index (χ4v) is 3.28. The Morgan fingerprint density at radius 2 is 2.13 bits per heavy atom. The number of nitrogens with one attached hydrogen (secondary N) is 1. The molecule has 1 aliphatic rings. The standard InChI is InChI=1S/C20H20F3N5O2/c1-12-26-17(30-27-12)6-3-9-24-19(29)16-11-25-28(18(16)13-7-8-13)15-5-2-4-14(10-15)20(21,22)23/h2,4-5,10-11,13H,3,6-9H2,1H3,(H,24,29). The zero-order chi connectivity index (χ0) is 21.3. The van der Waals surface area contributed by atoms with Crippen LogP contribution in [-0.2, 0) is 12.6 Å². The summed E-state index contributed by atoms with van der Waals surface area (Å²) in [7, 11) is 0. The van der Waals surface area contributed by atoms with Gasteiger partial charge in [0.2, 0.25) is 5.89 Å². The summed E-state index contributed by atoms with van der Waals surface area (Å²) in [6.45, 7) is 2.13. The number of aryl methyl sites for hydroxylation is 2. The van der Waals surface area contributed by atoms with Crippen LogP contribution >= 0.6 is 0 Å². The fraction of sp³-hybridized carbons (Fsp3) is 0.400. The first kappa shape index (κ1) is 20.1. The first-order valence-corrected chi connectivity index (χ1v) is 9.66. The van der Waals surface area contributed by atoms with E-state index in [2.05, 4.69) is 20.6 Å². The monoisotopic (exact) mass is 419 g/mol. The Kier molecular flexibility index (Phi) is 5.31. The van der Waals surface area contributed by atoms with Crippen molar-refractivity contribution in [2.45, 2.75) is 44.7 Å². The molecule has 2 heterocycles. The van der Waals surface area contributed by atoms with Crippen molar-refractivity contribution in [3.05, 3.63) is 59.0 Å². The number of amides is 1. The van der Waals surface area contributed by atoms with Crippen LogP contribution in [0.3, 0.4) is 0 Å². The lowest BCUT2D eigenvalue weighted by atomic mass is 10.1. The summed E-state index contributed by atoms with van der Waals surface area (Å²) < 4.78 is 45.7. The van der Waals surface area contributed by atoms with Crippen molar-refractivity contribution in [2.75, 3.05) is 6.54 Å². The average Bonchev–Trinajstić information content (AvgIpc) is 3.31. The number of carbonyl (C=O) groups is 1. The van der Waals surface area contributed by atoms with Gasteiger partial charge in [0.15, 0.2) is 5.82 Å². The fourth-order valence-electron chi connectivity index (χ4n) is 3.28. The zero-order valence-electron chi connectivity index (χ0n) is 16.2. The van der Waals surface area contributed by atoms with E-state index in [1.807, 2.05) is 0 Å². The van der Waals surface area contributed by atoms with Gasteiger partial charge in [-0.2, -0.15) is 23.3 Å². The molecule has 7 nitrogen and oxygen atoms in total. The summed E-state index contributed by atoms with van der Waals surface area (Å²) in [4.78, 5) is 16.8. The highest BCUT2D eigenvalue weighted by Crippen LogP contribution is 2.42. The highest BCUT2D eigenvalue weighted by atomic mass is 19.4. The maximum atomic E-state index is 13.1. The van der Waals surface area contributed by atoms with Crippen molar-refractivity contribution in [3.8, 4) is 5.69 Å². The maximum absolute atomic E-state index is 13.1. The van der Waals surface area contributed by atoms with Crippen molar-refractivity contribution < 1.29 is 22.5 Å². The van der Waals surface area contributed by atoms with Crippen LogP contribution in [0.4, 0.5) is 13.2 Å². The summed E-state index contributed by atoms with van der Waals surface area (Å²) in [5.74, 6) is 0.892. The molecule has 0 unspecified atom stereocenters. The summed E-state index contributed by atoms with van der Waals surface area (Å²) in [6.07, 6.45) is -0.110. The van der Waals surface area contributed by atoms with Crippen LogP contribution < -0.4 is 5.32 Å². The molecular weight excluding hydrogens is 399 g/mol. The molecule has 0 radical (unpaired) electrons. The lowest BCUT2D eigenvalue weighted by Crippen LogP contribution is -2.25. The van der Waals surface area contributed by atoms with Gasteiger partial charge in [0.25, 0.3) is 5.91 Å². The van der Waals surface area contributed by atoms with Crippen molar-refractivity contribution in [1.29, 1.82) is 0 Å². The minimum Gasteiger partial charge on any atom is -0.352 e. The Labute approximate surface area is 170 Å². The molecule has 1 amide bonds. The minimum absolute atomic E-state index is 0.115. The van der Waals surface area contributed by atoms with Gasteiger partial charge in [0.05, 0.1) is 28.7 Å². The Morgan fingerprint density at radius 3 is 2.80 bits per heavy atom. The van der Waals surface area contributed by atoms with Crippen LogP contribution in [0, 0.1) is 6.92 Å². The lowest BCUT2D eigenvalue weighted by molar-refractivity contribution is -0.137. The van der Waals surface area contributed by atoms with E-state index < -0.39 is 11.7 Å². The Bertz CT molecular complexity index is 1050. The van der Waals surface area contributed by atoms with E-state index in [-0.39, 0.29) is 17.5 Å². The van der Waals surface area contributed by atoms with Crippen molar-refractivity contribution in [2.24, 2.45) is 0 Å². The van der Waals surface area contributed by atoms with Gasteiger partial charge >= 0.3 is 6.18 Å². The largest absolute Gasteiger partial charge is 0.416 e. The second-order valence-electron chi connectivity index (χ2n) is 7.27. The summed E-state index contributed by atoms with van der Waals surface area (Å²) in [5.41, 5.74) is 0.583. The summed E-state index contributed by atoms with van der Waals surface area (Å²) in [6, 6.07) is 4.97. The molecule has 0 aliphatic heterocycles. The Balaban J connectivity index is 1.48. The number of nitrogens with zero attached hydrogens (tertiary/aromatic N) is 4. The molecule has 0 saturated heterocycles. The number of halogens is 3. The molecule has 1 aliphatic carbocycles. The normalized spacial score (nSPS) is 14.1. The summed E-state index contributed by atoms with van der Waals surface area (Å²) in [5, 5.41) is 10.8. The van der Waals surface area contributed by atoms with Gasteiger partial charge in [0.1, 0.15) is 0 Å². The number of hydrogen-bond donors (Lipinski definition) is 1. The van der Waals surface area contributed by atoms with Crippen LogP contribution in [0.2, 0.25) is 0 Å². The molecule has 2 aromatic heterocycles. The second kappa shape index (κ2) is 7.92. The first-order valence-electron chi connectivity index (χ1n) is 9.66. The number of alkyl halides is 3. The third-order valence-corrected chi connectivity index (χ3v) is 4.86. The number of benzene rings is 1. The predicted octanol–water partition coefficient (Wildman–Crippen LogP) is 3.82. The number of rotatable bonds is 7. The van der Waals surface area contributed by atoms with E-state index in [9.17, 15) is 18.0 Å². The molecule has 1 N–H and O–H groups in total. The van der Waals surface area contributed by atoms with Gasteiger partial charge < -0.3 is 9.84 Å². The molecule has 10 heteroatoms. The van der Waals surface area contributed by atoms with Crippen LogP contribution in [0.1, 0.15) is 58.5 Å². The SMILES string of the molecule is Cc1noc(CCCNC(=O)c2cnn(-c3cccc(C(F)(F)F)c3)c2C2CC2)n1. The highest BCUT2D eigenvalue weighted by Gasteiger charge is 2.34. The molecule has 158 valence electrons. The van der Waals surface area contributed by atoms with Gasteiger partial charge in [-0.1, -0.05) is 11.2 Å². The highest BCUT2D eigenvalue weighted by molar-refractivity contribution is 5.95. The third kappa shape index (κ3) is 4.37. The van der Waals surface area contributed by atoms with E-state index >= 15 is 0 Å². The first-order chi connectivity index (χ1) is 14.3. The van der Waals surface area contributed by atoms with Crippen LogP contribution in [-0.4, -0.2) is 32.4 Å². The van der Waals surface area contributed by atoms with Crippen LogP contribution in [0.25, 0.3) is 5.69 Å². The van der Waals surface area contributed by atoms with Gasteiger partial charge in [-0.15, -0.1) is 0 Å².